The number of aliphatic carboxylic acids is 1. The topological polar surface area (TPSA) is 46.5 Å². The SMILES string of the molecule is CC1(C)CC(C)(C(=O)O)CO1. The van der Waals surface area contributed by atoms with E-state index in [1.54, 1.807) is 6.92 Å². The maximum atomic E-state index is 10.7. The van der Waals surface area contributed by atoms with Crippen molar-refractivity contribution in [1.82, 2.24) is 0 Å². The number of carboxylic acid groups (broad SMARTS) is 1. The van der Waals surface area contributed by atoms with Crippen LogP contribution >= 0.6 is 0 Å². The first-order chi connectivity index (χ1) is 4.86. The van der Waals surface area contributed by atoms with Crippen LogP contribution in [0.15, 0.2) is 0 Å². The molecule has 1 atom stereocenters. The first-order valence-corrected chi connectivity index (χ1v) is 3.73. The lowest BCUT2D eigenvalue weighted by Crippen LogP contribution is -2.29. The van der Waals surface area contributed by atoms with Crippen LogP contribution in [0.25, 0.3) is 0 Å². The standard InChI is InChI=1S/C8H14O3/c1-7(2)4-8(3,5-11-7)6(9)10/h4-5H2,1-3H3,(H,9,10). The molecule has 11 heavy (non-hydrogen) atoms. The molecule has 0 aliphatic carbocycles. The van der Waals surface area contributed by atoms with Crippen molar-refractivity contribution in [2.24, 2.45) is 5.41 Å². The third kappa shape index (κ3) is 1.53. The molecule has 1 N–H and O–H groups in total. The minimum atomic E-state index is -0.761. The smallest absolute Gasteiger partial charge is 0.311 e. The van der Waals surface area contributed by atoms with Crippen LogP contribution in [0, 0.1) is 5.41 Å². The summed E-state index contributed by atoms with van der Waals surface area (Å²) in [6.07, 6.45) is 0.593. The Hall–Kier alpha value is -0.570. The van der Waals surface area contributed by atoms with Crippen molar-refractivity contribution in [2.75, 3.05) is 6.61 Å². The first-order valence-electron chi connectivity index (χ1n) is 3.73. The molecule has 0 aromatic heterocycles. The number of hydrogen-bond donors (Lipinski definition) is 1. The van der Waals surface area contributed by atoms with Crippen molar-refractivity contribution in [3.8, 4) is 0 Å². The van der Waals surface area contributed by atoms with Crippen LogP contribution in [0.1, 0.15) is 27.2 Å². The van der Waals surface area contributed by atoms with Crippen LogP contribution < -0.4 is 0 Å². The summed E-state index contributed by atoms with van der Waals surface area (Å²) in [5.74, 6) is -0.761. The summed E-state index contributed by atoms with van der Waals surface area (Å²) < 4.78 is 5.34. The van der Waals surface area contributed by atoms with Gasteiger partial charge in [-0.25, -0.2) is 0 Å². The zero-order valence-corrected chi connectivity index (χ0v) is 7.18. The zero-order valence-electron chi connectivity index (χ0n) is 7.18. The van der Waals surface area contributed by atoms with E-state index >= 15 is 0 Å². The van der Waals surface area contributed by atoms with Gasteiger partial charge >= 0.3 is 5.97 Å². The quantitative estimate of drug-likeness (QED) is 0.625. The van der Waals surface area contributed by atoms with Crippen LogP contribution in [0.5, 0.6) is 0 Å². The Bertz CT molecular complexity index is 186. The molecular weight excluding hydrogens is 144 g/mol. The van der Waals surface area contributed by atoms with Gasteiger partial charge in [0.1, 0.15) is 0 Å². The van der Waals surface area contributed by atoms with E-state index in [1.807, 2.05) is 13.8 Å². The molecule has 3 heteroatoms. The third-order valence-electron chi connectivity index (χ3n) is 2.11. The Morgan fingerprint density at radius 3 is 2.18 bits per heavy atom. The fraction of sp³-hybridized carbons (Fsp3) is 0.875. The number of hydrogen-bond acceptors (Lipinski definition) is 2. The second-order valence-corrected chi connectivity index (χ2v) is 4.09. The lowest BCUT2D eigenvalue weighted by molar-refractivity contribution is -0.147. The molecule has 0 bridgehead atoms. The molecule has 0 spiro atoms. The van der Waals surface area contributed by atoms with Crippen molar-refractivity contribution >= 4 is 5.97 Å². The largest absolute Gasteiger partial charge is 0.481 e. The van der Waals surface area contributed by atoms with Crippen molar-refractivity contribution in [2.45, 2.75) is 32.8 Å². The van der Waals surface area contributed by atoms with Gasteiger partial charge in [-0.05, 0) is 27.2 Å². The molecule has 1 unspecified atom stereocenters. The molecule has 0 amide bonds. The van der Waals surface area contributed by atoms with Gasteiger partial charge in [0, 0.05) is 0 Å². The number of carbonyl (C=O) groups is 1. The summed E-state index contributed by atoms with van der Waals surface area (Å²) in [4.78, 5) is 10.7. The van der Waals surface area contributed by atoms with Gasteiger partial charge in [0.25, 0.3) is 0 Å². The third-order valence-corrected chi connectivity index (χ3v) is 2.11. The Morgan fingerprint density at radius 2 is 2.00 bits per heavy atom. The molecule has 1 heterocycles. The molecule has 1 saturated heterocycles. The first kappa shape index (κ1) is 8.53. The van der Waals surface area contributed by atoms with Gasteiger partial charge in [0.05, 0.1) is 17.6 Å². The molecule has 1 rings (SSSR count). The normalized spacial score (nSPS) is 35.5. The molecule has 1 aliphatic rings. The summed E-state index contributed by atoms with van der Waals surface area (Å²) in [5.41, 5.74) is -0.948. The van der Waals surface area contributed by atoms with E-state index in [4.69, 9.17) is 9.84 Å². The Labute approximate surface area is 66.4 Å². The predicted molar refractivity (Wildman–Crippen MR) is 40.4 cm³/mol. The van der Waals surface area contributed by atoms with Crippen LogP contribution in [-0.4, -0.2) is 23.3 Å². The van der Waals surface area contributed by atoms with E-state index in [0.29, 0.717) is 13.0 Å². The zero-order chi connectivity index (χ0) is 8.70. The van der Waals surface area contributed by atoms with Gasteiger partial charge in [-0.3, -0.25) is 4.79 Å². The van der Waals surface area contributed by atoms with E-state index in [1.165, 1.54) is 0 Å². The van der Waals surface area contributed by atoms with Crippen LogP contribution in [0.3, 0.4) is 0 Å². The Balaban J connectivity index is 2.73. The molecule has 64 valence electrons. The van der Waals surface area contributed by atoms with E-state index in [-0.39, 0.29) is 5.60 Å². The second kappa shape index (κ2) is 2.21. The highest BCUT2D eigenvalue weighted by molar-refractivity contribution is 5.74. The number of rotatable bonds is 1. The maximum absolute atomic E-state index is 10.7. The van der Waals surface area contributed by atoms with Crippen LogP contribution in [-0.2, 0) is 9.53 Å². The van der Waals surface area contributed by atoms with Gasteiger partial charge < -0.3 is 9.84 Å². The average Bonchev–Trinajstić information content (AvgIpc) is 2.08. The molecule has 0 aromatic carbocycles. The summed E-state index contributed by atoms with van der Waals surface area (Å²) >= 11 is 0. The molecule has 0 radical (unpaired) electrons. The van der Waals surface area contributed by atoms with E-state index < -0.39 is 11.4 Å². The van der Waals surface area contributed by atoms with Gasteiger partial charge in [-0.2, -0.15) is 0 Å². The Morgan fingerprint density at radius 1 is 1.45 bits per heavy atom. The lowest BCUT2D eigenvalue weighted by atomic mass is 9.84. The van der Waals surface area contributed by atoms with Crippen molar-refractivity contribution in [3.05, 3.63) is 0 Å². The average molecular weight is 158 g/mol. The van der Waals surface area contributed by atoms with E-state index in [2.05, 4.69) is 0 Å². The van der Waals surface area contributed by atoms with Crippen LogP contribution in [0.4, 0.5) is 0 Å². The van der Waals surface area contributed by atoms with Crippen molar-refractivity contribution in [1.29, 1.82) is 0 Å². The highest BCUT2D eigenvalue weighted by Crippen LogP contribution is 2.38. The van der Waals surface area contributed by atoms with Crippen molar-refractivity contribution < 1.29 is 14.6 Å². The van der Waals surface area contributed by atoms with E-state index in [0.717, 1.165) is 0 Å². The summed E-state index contributed by atoms with van der Waals surface area (Å²) in [7, 11) is 0. The molecule has 3 nitrogen and oxygen atoms in total. The fourth-order valence-electron chi connectivity index (χ4n) is 1.53. The summed E-state index contributed by atoms with van der Waals surface area (Å²) in [6.45, 7) is 5.89. The fourth-order valence-corrected chi connectivity index (χ4v) is 1.53. The number of carboxylic acids is 1. The highest BCUT2D eigenvalue weighted by Gasteiger charge is 2.46. The minimum Gasteiger partial charge on any atom is -0.481 e. The summed E-state index contributed by atoms with van der Waals surface area (Å²) in [5, 5.41) is 8.82. The predicted octanol–water partition coefficient (Wildman–Crippen LogP) is 1.28. The monoisotopic (exact) mass is 158 g/mol. The lowest BCUT2D eigenvalue weighted by Gasteiger charge is -2.18. The van der Waals surface area contributed by atoms with Crippen molar-refractivity contribution in [3.63, 3.8) is 0 Å². The molecule has 0 aromatic rings. The summed E-state index contributed by atoms with van der Waals surface area (Å²) in [6, 6.07) is 0. The number of ether oxygens (including phenoxy) is 1. The van der Waals surface area contributed by atoms with Gasteiger partial charge in [-0.1, -0.05) is 0 Å². The van der Waals surface area contributed by atoms with Gasteiger partial charge in [0.2, 0.25) is 0 Å². The van der Waals surface area contributed by atoms with E-state index in [9.17, 15) is 4.79 Å². The minimum absolute atomic E-state index is 0.271. The molecular formula is C8H14O3. The Kier molecular flexibility index (Phi) is 1.71. The molecule has 0 saturated carbocycles. The maximum Gasteiger partial charge on any atom is 0.311 e. The second-order valence-electron chi connectivity index (χ2n) is 4.09. The highest BCUT2D eigenvalue weighted by atomic mass is 16.5. The molecule has 1 fully saturated rings. The molecule has 1 aliphatic heterocycles. The van der Waals surface area contributed by atoms with Gasteiger partial charge in [-0.15, -0.1) is 0 Å². The van der Waals surface area contributed by atoms with Crippen LogP contribution in [0.2, 0.25) is 0 Å². The van der Waals surface area contributed by atoms with Gasteiger partial charge in [0.15, 0.2) is 0 Å².